The fraction of sp³-hybridized carbons (Fsp3) is 0. The van der Waals surface area contributed by atoms with Crippen molar-refractivity contribution in [2.24, 2.45) is 0 Å². The maximum atomic E-state index is 12.6. The highest BCUT2D eigenvalue weighted by Gasteiger charge is 2.17. The molecule has 2 amide bonds. The summed E-state index contributed by atoms with van der Waals surface area (Å²) in [5.74, 6) is -3.55. The van der Waals surface area contributed by atoms with Crippen LogP contribution in [0.25, 0.3) is 21.8 Å². The molecule has 0 saturated carbocycles. The molecule has 3 heterocycles. The lowest BCUT2D eigenvalue weighted by molar-refractivity contribution is 0.0681. The van der Waals surface area contributed by atoms with Gasteiger partial charge in [-0.25, -0.2) is 9.59 Å². The van der Waals surface area contributed by atoms with Gasteiger partial charge in [0, 0.05) is 33.2 Å². The van der Waals surface area contributed by atoms with E-state index in [1.54, 1.807) is 36.4 Å². The number of aromatic amines is 2. The molecule has 35 heavy (non-hydrogen) atoms. The van der Waals surface area contributed by atoms with E-state index < -0.39 is 23.8 Å². The molecule has 11 nitrogen and oxygen atoms in total. The number of aromatic nitrogens is 2. The van der Waals surface area contributed by atoms with Crippen LogP contribution in [0.5, 0.6) is 0 Å². The van der Waals surface area contributed by atoms with Gasteiger partial charge in [-0.1, -0.05) is 0 Å². The highest BCUT2D eigenvalue weighted by Crippen LogP contribution is 2.23. The number of nitrogens with one attached hydrogen (secondary N) is 4. The Morgan fingerprint density at radius 1 is 0.629 bits per heavy atom. The third kappa shape index (κ3) is 4.20. The van der Waals surface area contributed by atoms with Gasteiger partial charge in [-0.2, -0.15) is 0 Å². The fourth-order valence-corrected chi connectivity index (χ4v) is 3.62. The summed E-state index contributed by atoms with van der Waals surface area (Å²) < 4.78 is 5.41. The maximum absolute atomic E-state index is 12.6. The molecule has 0 aliphatic heterocycles. The van der Waals surface area contributed by atoms with Gasteiger partial charge in [-0.05, 0) is 60.7 Å². The van der Waals surface area contributed by atoms with Crippen LogP contribution in [-0.4, -0.2) is 43.9 Å². The largest absolute Gasteiger partial charge is 0.477 e. The highest BCUT2D eigenvalue weighted by atomic mass is 16.4. The van der Waals surface area contributed by atoms with E-state index in [9.17, 15) is 19.2 Å². The molecular formula is C24H16N4O7. The number of carbonyl (C=O) groups is 4. The lowest BCUT2D eigenvalue weighted by Gasteiger charge is -2.04. The van der Waals surface area contributed by atoms with E-state index in [4.69, 9.17) is 14.6 Å². The van der Waals surface area contributed by atoms with Crippen LogP contribution in [-0.2, 0) is 0 Å². The van der Waals surface area contributed by atoms with Crippen LogP contribution >= 0.6 is 0 Å². The van der Waals surface area contributed by atoms with Gasteiger partial charge in [0.1, 0.15) is 11.4 Å². The number of carbonyl (C=O) groups excluding carboxylic acids is 2. The zero-order valence-corrected chi connectivity index (χ0v) is 17.7. The fourth-order valence-electron chi connectivity index (χ4n) is 3.62. The third-order valence-electron chi connectivity index (χ3n) is 5.27. The summed E-state index contributed by atoms with van der Waals surface area (Å²) in [5.41, 5.74) is 2.11. The van der Waals surface area contributed by atoms with E-state index in [2.05, 4.69) is 20.6 Å². The van der Waals surface area contributed by atoms with Crippen molar-refractivity contribution in [2.75, 3.05) is 10.6 Å². The summed E-state index contributed by atoms with van der Waals surface area (Å²) >= 11 is 0. The van der Waals surface area contributed by atoms with Crippen LogP contribution in [0.15, 0.2) is 65.1 Å². The number of anilines is 2. The van der Waals surface area contributed by atoms with Crippen molar-refractivity contribution in [3.05, 3.63) is 83.6 Å². The average molecular weight is 472 g/mol. The first-order valence-corrected chi connectivity index (χ1v) is 10.2. The number of hydrogen-bond donors (Lipinski definition) is 6. The number of benzene rings is 2. The first-order valence-electron chi connectivity index (χ1n) is 10.2. The van der Waals surface area contributed by atoms with Crippen LogP contribution in [0.3, 0.4) is 0 Å². The Hall–Kier alpha value is -5.32. The van der Waals surface area contributed by atoms with Crippen molar-refractivity contribution < 1.29 is 33.8 Å². The summed E-state index contributed by atoms with van der Waals surface area (Å²) in [5, 5.41) is 24.7. The maximum Gasteiger partial charge on any atom is 0.352 e. The normalized spacial score (nSPS) is 11.0. The molecule has 5 aromatic rings. The Labute approximate surface area is 195 Å². The first kappa shape index (κ1) is 21.5. The van der Waals surface area contributed by atoms with Gasteiger partial charge in [0.15, 0.2) is 11.5 Å². The SMILES string of the molecule is O=C(O)c1cc2cc(NC(=O)c3ccc(C(=O)Nc4ccc5[nH]c(C(=O)O)cc5c4)o3)ccc2[nH]1. The van der Waals surface area contributed by atoms with E-state index in [-0.39, 0.29) is 22.9 Å². The third-order valence-corrected chi connectivity index (χ3v) is 5.27. The predicted molar refractivity (Wildman–Crippen MR) is 125 cm³/mol. The van der Waals surface area contributed by atoms with Crippen LogP contribution in [0.4, 0.5) is 11.4 Å². The molecule has 0 aliphatic carbocycles. The van der Waals surface area contributed by atoms with Gasteiger partial charge in [0.25, 0.3) is 11.8 Å². The van der Waals surface area contributed by atoms with Gasteiger partial charge < -0.3 is 35.2 Å². The van der Waals surface area contributed by atoms with E-state index in [1.807, 2.05) is 0 Å². The summed E-state index contributed by atoms with van der Waals surface area (Å²) in [4.78, 5) is 52.9. The molecule has 6 N–H and O–H groups in total. The molecule has 0 bridgehead atoms. The number of rotatable bonds is 6. The zero-order valence-electron chi connectivity index (χ0n) is 17.7. The molecule has 2 aromatic carbocycles. The molecule has 0 radical (unpaired) electrons. The minimum atomic E-state index is -1.09. The molecule has 0 spiro atoms. The molecule has 0 saturated heterocycles. The second-order valence-corrected chi connectivity index (χ2v) is 7.65. The predicted octanol–water partition coefficient (Wildman–Crippen LogP) is 4.14. The molecule has 0 fully saturated rings. The van der Waals surface area contributed by atoms with E-state index in [0.29, 0.717) is 33.2 Å². The topological polar surface area (TPSA) is 178 Å². The lowest BCUT2D eigenvalue weighted by atomic mass is 10.2. The average Bonchev–Trinajstić information content (AvgIpc) is 3.56. The number of amides is 2. The molecule has 0 unspecified atom stereocenters. The van der Waals surface area contributed by atoms with Gasteiger partial charge in [0.2, 0.25) is 0 Å². The lowest BCUT2D eigenvalue weighted by Crippen LogP contribution is -2.12. The van der Waals surface area contributed by atoms with Gasteiger partial charge in [-0.15, -0.1) is 0 Å². The molecule has 5 rings (SSSR count). The van der Waals surface area contributed by atoms with Gasteiger partial charge in [0.05, 0.1) is 0 Å². The van der Waals surface area contributed by atoms with Gasteiger partial charge >= 0.3 is 11.9 Å². The minimum absolute atomic E-state index is 0.0307. The highest BCUT2D eigenvalue weighted by molar-refractivity contribution is 6.07. The standard InChI is InChI=1S/C24H16N4O7/c29-21(25-13-1-3-15-11(7-13)9-17(27-15)23(31)32)19-5-6-20(35-19)22(30)26-14-2-4-16-12(8-14)10-18(28-16)24(33)34/h1-10,27-28H,(H,25,29)(H,26,30)(H,31,32)(H,33,34). The molecule has 3 aromatic heterocycles. The zero-order chi connectivity index (χ0) is 24.7. The Morgan fingerprint density at radius 3 is 1.46 bits per heavy atom. The molecule has 0 atom stereocenters. The first-order chi connectivity index (χ1) is 16.8. The van der Waals surface area contributed by atoms with Crippen LogP contribution in [0.2, 0.25) is 0 Å². The number of carboxylic acids is 2. The molecular weight excluding hydrogens is 456 g/mol. The number of aromatic carboxylic acids is 2. The van der Waals surface area contributed by atoms with Crippen LogP contribution in [0, 0.1) is 0 Å². The molecule has 0 aliphatic rings. The van der Waals surface area contributed by atoms with Gasteiger partial charge in [-0.3, -0.25) is 9.59 Å². The Balaban J connectivity index is 1.28. The summed E-state index contributed by atoms with van der Waals surface area (Å²) in [7, 11) is 0. The van der Waals surface area contributed by atoms with E-state index >= 15 is 0 Å². The Bertz CT molecular complexity index is 1540. The summed E-state index contributed by atoms with van der Waals surface area (Å²) in [6.45, 7) is 0. The van der Waals surface area contributed by atoms with Crippen molar-refractivity contribution in [3.8, 4) is 0 Å². The van der Waals surface area contributed by atoms with Crippen molar-refractivity contribution in [2.45, 2.75) is 0 Å². The van der Waals surface area contributed by atoms with Crippen molar-refractivity contribution >= 4 is 56.9 Å². The quantitative estimate of drug-likeness (QED) is 0.215. The number of fused-ring (bicyclic) bond motifs is 2. The van der Waals surface area contributed by atoms with E-state index in [1.165, 1.54) is 24.3 Å². The number of H-pyrrole nitrogens is 2. The smallest absolute Gasteiger partial charge is 0.352 e. The molecule has 11 heteroatoms. The van der Waals surface area contributed by atoms with Crippen molar-refractivity contribution in [1.82, 2.24) is 9.97 Å². The van der Waals surface area contributed by atoms with Crippen LogP contribution in [0.1, 0.15) is 42.1 Å². The second kappa shape index (κ2) is 8.23. The summed E-state index contributed by atoms with van der Waals surface area (Å²) in [6.07, 6.45) is 0. The minimum Gasteiger partial charge on any atom is -0.477 e. The Kier molecular flexibility index (Phi) is 5.06. The van der Waals surface area contributed by atoms with Crippen LogP contribution < -0.4 is 10.6 Å². The Morgan fingerprint density at radius 2 is 1.06 bits per heavy atom. The van der Waals surface area contributed by atoms with Crippen molar-refractivity contribution in [3.63, 3.8) is 0 Å². The number of carboxylic acid groups (broad SMARTS) is 2. The summed E-state index contributed by atoms with van der Waals surface area (Å²) in [6, 6.07) is 15.3. The van der Waals surface area contributed by atoms with Crippen molar-refractivity contribution in [1.29, 1.82) is 0 Å². The monoisotopic (exact) mass is 472 g/mol. The van der Waals surface area contributed by atoms with E-state index in [0.717, 1.165) is 0 Å². The number of furan rings is 1. The second-order valence-electron chi connectivity index (χ2n) is 7.65. The molecule has 174 valence electrons. The number of hydrogen-bond acceptors (Lipinski definition) is 5.